The molecule has 2 aromatic heterocycles. The molecule has 0 bridgehead atoms. The van der Waals surface area contributed by atoms with E-state index >= 15 is 0 Å². The number of nitrogens with zero attached hydrogens (tertiary/aromatic N) is 6. The van der Waals surface area contributed by atoms with Gasteiger partial charge in [0.2, 0.25) is 5.95 Å². The van der Waals surface area contributed by atoms with Gasteiger partial charge in [0, 0.05) is 41.8 Å². The SMILES string of the molecule is [2H]C([2H])([2H])C([2H])([2H])n1ncc2cc(Nc3nc(N(C)CCN)nnc3C(N)=O)ccc21. The van der Waals surface area contributed by atoms with Crippen LogP contribution in [0.3, 0.4) is 0 Å². The minimum Gasteiger partial charge on any atom is -0.364 e. The Kier molecular flexibility index (Phi) is 3.42. The van der Waals surface area contributed by atoms with Crippen molar-refractivity contribution in [1.82, 2.24) is 25.0 Å². The molecule has 0 unspecified atom stereocenters. The second-order valence-corrected chi connectivity index (χ2v) is 5.45. The number of hydrogen-bond acceptors (Lipinski definition) is 8. The fourth-order valence-corrected chi connectivity index (χ4v) is 2.36. The first kappa shape index (κ1) is 12.1. The van der Waals surface area contributed by atoms with Gasteiger partial charge in [-0.05, 0) is 25.1 Å². The Morgan fingerprint density at radius 3 is 3.04 bits per heavy atom. The van der Waals surface area contributed by atoms with Gasteiger partial charge in [0.1, 0.15) is 0 Å². The van der Waals surface area contributed by atoms with Gasteiger partial charge in [-0.25, -0.2) is 0 Å². The summed E-state index contributed by atoms with van der Waals surface area (Å²) in [5.41, 5.74) is 11.5. The molecule has 10 nitrogen and oxygen atoms in total. The topological polar surface area (TPSA) is 141 Å². The quantitative estimate of drug-likeness (QED) is 0.552. The van der Waals surface area contributed by atoms with Crippen LogP contribution in [-0.4, -0.2) is 51.0 Å². The summed E-state index contributed by atoms with van der Waals surface area (Å²) in [6.07, 6.45) is 1.35. The first-order chi connectivity index (χ1) is 14.5. The molecule has 1 amide bonds. The maximum Gasteiger partial charge on any atom is 0.273 e. The normalized spacial score (nSPS) is 14.8. The molecule has 10 heteroatoms. The van der Waals surface area contributed by atoms with Crippen LogP contribution in [0.4, 0.5) is 17.5 Å². The van der Waals surface area contributed by atoms with Gasteiger partial charge in [0.25, 0.3) is 5.91 Å². The van der Waals surface area contributed by atoms with Crippen molar-refractivity contribution in [3.8, 4) is 0 Å². The Labute approximate surface area is 157 Å². The van der Waals surface area contributed by atoms with Crippen LogP contribution in [0.15, 0.2) is 24.4 Å². The van der Waals surface area contributed by atoms with E-state index in [0.29, 0.717) is 24.2 Å². The molecular formula is C16H21N9O. The summed E-state index contributed by atoms with van der Waals surface area (Å²) in [5, 5.41) is 15.1. The third kappa shape index (κ3) is 3.40. The number of nitrogens with one attached hydrogen (secondary N) is 1. The minimum absolute atomic E-state index is 0.0749. The highest BCUT2D eigenvalue weighted by molar-refractivity contribution is 5.96. The number of anilines is 3. The zero-order chi connectivity index (χ0) is 23.0. The van der Waals surface area contributed by atoms with Crippen LogP contribution < -0.4 is 21.7 Å². The summed E-state index contributed by atoms with van der Waals surface area (Å²) < 4.78 is 39.0. The van der Waals surface area contributed by atoms with Gasteiger partial charge in [0.15, 0.2) is 11.5 Å². The lowest BCUT2D eigenvalue weighted by molar-refractivity contribution is 0.0995. The van der Waals surface area contributed by atoms with Crippen LogP contribution >= 0.6 is 0 Å². The molecule has 0 radical (unpaired) electrons. The monoisotopic (exact) mass is 360 g/mol. The second-order valence-electron chi connectivity index (χ2n) is 5.45. The van der Waals surface area contributed by atoms with Crippen molar-refractivity contribution in [3.63, 3.8) is 0 Å². The van der Waals surface area contributed by atoms with Crippen molar-refractivity contribution in [2.75, 3.05) is 30.4 Å². The van der Waals surface area contributed by atoms with E-state index in [1.54, 1.807) is 24.1 Å². The zero-order valence-electron chi connectivity index (χ0n) is 19.0. The fourth-order valence-electron chi connectivity index (χ4n) is 2.36. The number of rotatable bonds is 7. The molecule has 0 saturated heterocycles. The molecule has 0 atom stereocenters. The Bertz CT molecular complexity index is 1110. The maximum absolute atomic E-state index is 11.7. The highest BCUT2D eigenvalue weighted by Gasteiger charge is 2.16. The van der Waals surface area contributed by atoms with E-state index in [0.717, 1.165) is 4.68 Å². The molecular weight excluding hydrogens is 334 g/mol. The molecule has 0 spiro atoms. The maximum atomic E-state index is 11.7. The standard InChI is InChI=1S/C16H21N9O/c1-3-25-12-5-4-11(8-10(12)9-19-25)20-15-13(14(18)26)22-23-16(21-15)24(2)7-6-17/h4-5,8-9H,3,6-7,17H2,1-2H3,(H2,18,26)(H,20,21,23)/i1D3,3D2. The molecule has 0 fully saturated rings. The lowest BCUT2D eigenvalue weighted by atomic mass is 10.2. The Balaban J connectivity index is 1.99. The predicted octanol–water partition coefficient (Wildman–Crippen LogP) is 0.479. The molecule has 1 aromatic carbocycles. The number of fused-ring (bicyclic) bond motifs is 1. The number of nitrogens with two attached hydrogens (primary N) is 2. The van der Waals surface area contributed by atoms with Crippen molar-refractivity contribution in [1.29, 1.82) is 0 Å². The van der Waals surface area contributed by atoms with E-state index in [2.05, 4.69) is 25.6 Å². The van der Waals surface area contributed by atoms with E-state index in [9.17, 15) is 4.79 Å². The fraction of sp³-hybridized carbons (Fsp3) is 0.312. The number of aromatic nitrogens is 5. The number of likely N-dealkylation sites (N-methyl/N-ethyl adjacent to an activating group) is 1. The van der Waals surface area contributed by atoms with Crippen LogP contribution in [0.1, 0.15) is 24.2 Å². The van der Waals surface area contributed by atoms with Crippen LogP contribution in [-0.2, 0) is 6.50 Å². The molecule has 5 N–H and O–H groups in total. The summed E-state index contributed by atoms with van der Waals surface area (Å²) in [5.74, 6) is -0.515. The molecule has 0 aliphatic heterocycles. The van der Waals surface area contributed by atoms with Crippen LogP contribution in [0.2, 0.25) is 0 Å². The van der Waals surface area contributed by atoms with E-state index < -0.39 is 19.3 Å². The number of primary amides is 1. The molecule has 3 aromatic rings. The Morgan fingerprint density at radius 2 is 2.31 bits per heavy atom. The molecule has 26 heavy (non-hydrogen) atoms. The largest absolute Gasteiger partial charge is 0.364 e. The average molecular weight is 360 g/mol. The summed E-state index contributed by atoms with van der Waals surface area (Å²) in [6.45, 7) is -4.77. The average Bonchev–Trinajstić information content (AvgIpc) is 3.11. The van der Waals surface area contributed by atoms with E-state index in [4.69, 9.17) is 18.3 Å². The van der Waals surface area contributed by atoms with Crippen LogP contribution in [0.25, 0.3) is 10.9 Å². The zero-order valence-corrected chi connectivity index (χ0v) is 14.0. The molecule has 3 rings (SSSR count). The number of benzene rings is 1. The van der Waals surface area contributed by atoms with Gasteiger partial charge in [-0.1, -0.05) is 0 Å². The lowest BCUT2D eigenvalue weighted by Crippen LogP contribution is -2.28. The van der Waals surface area contributed by atoms with Crippen molar-refractivity contribution < 1.29 is 11.6 Å². The summed E-state index contributed by atoms with van der Waals surface area (Å²) in [6, 6.07) is 4.67. The minimum atomic E-state index is -2.90. The van der Waals surface area contributed by atoms with Gasteiger partial charge < -0.3 is 21.7 Å². The van der Waals surface area contributed by atoms with Crippen LogP contribution in [0.5, 0.6) is 0 Å². The van der Waals surface area contributed by atoms with E-state index in [1.807, 2.05) is 0 Å². The smallest absolute Gasteiger partial charge is 0.273 e. The molecule has 0 aliphatic carbocycles. The van der Waals surface area contributed by atoms with Gasteiger partial charge in [-0.15, -0.1) is 10.2 Å². The summed E-state index contributed by atoms with van der Waals surface area (Å²) in [4.78, 5) is 17.7. The number of aryl methyl sites for hydroxylation is 1. The first-order valence-electron chi connectivity index (χ1n) is 10.2. The van der Waals surface area contributed by atoms with Crippen molar-refractivity contribution in [3.05, 3.63) is 30.1 Å². The number of amides is 1. The number of carbonyl (C=O) groups is 1. The van der Waals surface area contributed by atoms with E-state index in [1.165, 1.54) is 12.3 Å². The Hall–Kier alpha value is -3.27. The third-order valence-electron chi connectivity index (χ3n) is 3.65. The molecule has 0 saturated carbocycles. The highest BCUT2D eigenvalue weighted by atomic mass is 16.1. The van der Waals surface area contributed by atoms with Gasteiger partial charge in [0.05, 0.1) is 14.5 Å². The van der Waals surface area contributed by atoms with Crippen LogP contribution in [0, 0.1) is 0 Å². The van der Waals surface area contributed by atoms with Gasteiger partial charge in [-0.2, -0.15) is 10.1 Å². The highest BCUT2D eigenvalue weighted by Crippen LogP contribution is 2.23. The summed E-state index contributed by atoms with van der Waals surface area (Å²) in [7, 11) is 1.72. The predicted molar refractivity (Wildman–Crippen MR) is 99.4 cm³/mol. The van der Waals surface area contributed by atoms with Crippen molar-refractivity contribution >= 4 is 34.3 Å². The van der Waals surface area contributed by atoms with Gasteiger partial charge >= 0.3 is 0 Å². The molecule has 0 aliphatic rings. The molecule has 2 heterocycles. The first-order valence-corrected chi connectivity index (χ1v) is 7.66. The molecule has 136 valence electrons. The summed E-state index contributed by atoms with van der Waals surface area (Å²) >= 11 is 0. The lowest BCUT2D eigenvalue weighted by Gasteiger charge is -2.17. The van der Waals surface area contributed by atoms with Crippen molar-refractivity contribution in [2.45, 2.75) is 13.3 Å². The van der Waals surface area contributed by atoms with Crippen molar-refractivity contribution in [2.24, 2.45) is 11.5 Å². The van der Waals surface area contributed by atoms with Gasteiger partial charge in [-0.3, -0.25) is 9.48 Å². The second kappa shape index (κ2) is 7.31. The third-order valence-corrected chi connectivity index (χ3v) is 3.65. The number of carbonyl (C=O) groups excluding carboxylic acids is 1. The van der Waals surface area contributed by atoms with E-state index in [-0.39, 0.29) is 23.0 Å². The number of hydrogen-bond donors (Lipinski definition) is 3. The Morgan fingerprint density at radius 1 is 1.46 bits per heavy atom.